The number of hydrogen-bond acceptors (Lipinski definition) is 2. The number of aliphatic hydroxyl groups excluding tert-OH is 1. The van der Waals surface area contributed by atoms with Crippen molar-refractivity contribution in [2.45, 2.75) is 69.9 Å². The average Bonchev–Trinajstić information content (AvgIpc) is 3.13. The first kappa shape index (κ1) is 21.1. The van der Waals surface area contributed by atoms with Gasteiger partial charge in [0.1, 0.15) is 0 Å². The molecule has 1 saturated heterocycles. The molecule has 1 heterocycles. The second kappa shape index (κ2) is 10.2. The maximum atomic E-state index is 11.9. The summed E-state index contributed by atoms with van der Waals surface area (Å²) in [4.78, 5) is 13.9. The average molecular weight is 417 g/mol. The molecule has 2 atom stereocenters. The minimum absolute atomic E-state index is 0. The Hall–Kier alpha value is -0.246. The zero-order chi connectivity index (χ0) is 16.9. The van der Waals surface area contributed by atoms with Gasteiger partial charge in [-0.3, -0.25) is 4.79 Å². The molecule has 1 unspecified atom stereocenters. The Balaban J connectivity index is 0.00000225. The van der Waals surface area contributed by atoms with Gasteiger partial charge >= 0.3 is 0 Å². The van der Waals surface area contributed by atoms with E-state index in [-0.39, 0.29) is 50.8 Å². The summed E-state index contributed by atoms with van der Waals surface area (Å²) >= 11 is 0. The second-order valence-electron chi connectivity index (χ2n) is 7.38. The molecule has 1 aliphatic carbocycles. The molecule has 1 N–H and O–H groups in total. The third-order valence-corrected chi connectivity index (χ3v) is 5.72. The van der Waals surface area contributed by atoms with Crippen LogP contribution in [0.1, 0.15) is 81.1 Å². The standard InChI is InChI=1S/C21H30NO2.Y/c1-2-3-4-7-14-22-19(15-20(22)23)16-10-12-18(13-11-16)21(24)17-8-5-6-9-17;/h10-13,17,19,21,24H,1-9,14-15H2;/q-1;/t19-,21?;/m1./s1. The molecule has 2 fully saturated rings. The van der Waals surface area contributed by atoms with Crippen LogP contribution in [0.2, 0.25) is 0 Å². The number of carbonyl (C=O) groups is 1. The Labute approximate surface area is 177 Å². The van der Waals surface area contributed by atoms with Crippen LogP contribution >= 0.6 is 0 Å². The molecule has 1 amide bonds. The summed E-state index contributed by atoms with van der Waals surface area (Å²) in [6.45, 7) is 4.72. The van der Waals surface area contributed by atoms with Gasteiger partial charge in [0, 0.05) is 39.3 Å². The maximum Gasteiger partial charge on any atom is 0.225 e. The van der Waals surface area contributed by atoms with Crippen molar-refractivity contribution in [3.63, 3.8) is 0 Å². The summed E-state index contributed by atoms with van der Waals surface area (Å²) in [6.07, 6.45) is 9.39. The number of likely N-dealkylation sites (tertiary alicyclic amines) is 1. The van der Waals surface area contributed by atoms with E-state index in [4.69, 9.17) is 0 Å². The molecular weight excluding hydrogens is 387 g/mol. The SMILES string of the molecule is [CH2-]CCCCCN1C(=O)C[C@@H]1c1ccc(C(O)C2CCCC2)cc1.[Y]. The molecule has 135 valence electrons. The molecule has 0 aromatic heterocycles. The Kier molecular flexibility index (Phi) is 8.58. The minimum atomic E-state index is -0.330. The number of amides is 1. The topological polar surface area (TPSA) is 40.5 Å². The molecule has 0 spiro atoms. The van der Waals surface area contributed by atoms with Gasteiger partial charge in [-0.2, -0.15) is 6.42 Å². The van der Waals surface area contributed by atoms with Crippen molar-refractivity contribution < 1.29 is 42.6 Å². The fourth-order valence-corrected chi connectivity index (χ4v) is 4.13. The molecule has 1 radical (unpaired) electrons. The summed E-state index contributed by atoms with van der Waals surface area (Å²) in [5, 5.41) is 10.5. The predicted molar refractivity (Wildman–Crippen MR) is 96.3 cm³/mol. The smallest absolute Gasteiger partial charge is 0.225 e. The van der Waals surface area contributed by atoms with E-state index in [0.717, 1.165) is 50.6 Å². The van der Waals surface area contributed by atoms with E-state index in [1.807, 2.05) is 4.90 Å². The number of β-lactam (4-membered cyclic amide) rings is 1. The molecular formula is C21H30NO2Y-. The molecule has 3 rings (SSSR count). The summed E-state index contributed by atoms with van der Waals surface area (Å²) in [7, 11) is 0. The van der Waals surface area contributed by atoms with Gasteiger partial charge in [0.25, 0.3) is 0 Å². The number of nitrogens with zero attached hydrogens (tertiary/aromatic N) is 1. The van der Waals surface area contributed by atoms with E-state index >= 15 is 0 Å². The first-order valence-electron chi connectivity index (χ1n) is 9.57. The Morgan fingerprint density at radius 3 is 2.40 bits per heavy atom. The Morgan fingerprint density at radius 2 is 1.80 bits per heavy atom. The van der Waals surface area contributed by atoms with Crippen molar-refractivity contribution in [3.05, 3.63) is 42.3 Å². The van der Waals surface area contributed by atoms with Crippen LogP contribution < -0.4 is 0 Å². The summed E-state index contributed by atoms with van der Waals surface area (Å²) in [5.41, 5.74) is 2.23. The van der Waals surface area contributed by atoms with Gasteiger partial charge in [-0.15, -0.1) is 0 Å². The van der Waals surface area contributed by atoms with Crippen molar-refractivity contribution in [2.24, 2.45) is 5.92 Å². The molecule has 25 heavy (non-hydrogen) atoms. The molecule has 1 saturated carbocycles. The van der Waals surface area contributed by atoms with Crippen LogP contribution in [0, 0.1) is 12.8 Å². The van der Waals surface area contributed by atoms with Gasteiger partial charge in [0.15, 0.2) is 0 Å². The van der Waals surface area contributed by atoms with E-state index in [1.54, 1.807) is 0 Å². The van der Waals surface area contributed by atoms with Gasteiger partial charge in [-0.25, -0.2) is 0 Å². The normalized spacial score (nSPS) is 21.8. The van der Waals surface area contributed by atoms with E-state index in [9.17, 15) is 9.90 Å². The monoisotopic (exact) mass is 417 g/mol. The molecule has 0 bridgehead atoms. The summed E-state index contributed by atoms with van der Waals surface area (Å²) in [6, 6.07) is 8.56. The van der Waals surface area contributed by atoms with E-state index in [1.165, 1.54) is 18.4 Å². The quantitative estimate of drug-likeness (QED) is 0.382. The summed E-state index contributed by atoms with van der Waals surface area (Å²) in [5.74, 6) is 0.690. The van der Waals surface area contributed by atoms with Crippen molar-refractivity contribution in [1.82, 2.24) is 4.90 Å². The fraction of sp³-hybridized carbons (Fsp3) is 0.619. The van der Waals surface area contributed by atoms with Crippen LogP contribution in [-0.4, -0.2) is 22.5 Å². The van der Waals surface area contributed by atoms with Crippen LogP contribution in [0.3, 0.4) is 0 Å². The number of unbranched alkanes of at least 4 members (excludes halogenated alkanes) is 3. The van der Waals surface area contributed by atoms with Gasteiger partial charge in [-0.05, 0) is 36.3 Å². The number of rotatable bonds is 8. The number of carbonyl (C=O) groups excluding carboxylic acids is 1. The fourth-order valence-electron chi connectivity index (χ4n) is 4.13. The van der Waals surface area contributed by atoms with Gasteiger partial charge in [-0.1, -0.05) is 49.9 Å². The largest absolute Gasteiger partial charge is 0.388 e. The molecule has 1 aromatic carbocycles. The van der Waals surface area contributed by atoms with Crippen LogP contribution in [0.15, 0.2) is 24.3 Å². The van der Waals surface area contributed by atoms with E-state index in [0.29, 0.717) is 12.3 Å². The third-order valence-electron chi connectivity index (χ3n) is 5.72. The first-order chi connectivity index (χ1) is 11.7. The Morgan fingerprint density at radius 1 is 1.12 bits per heavy atom. The summed E-state index contributed by atoms with van der Waals surface area (Å²) < 4.78 is 0. The second-order valence-corrected chi connectivity index (χ2v) is 7.38. The Bertz CT molecular complexity index is 539. The zero-order valence-electron chi connectivity index (χ0n) is 15.2. The van der Waals surface area contributed by atoms with Crippen LogP contribution in [-0.2, 0) is 37.5 Å². The predicted octanol–water partition coefficient (Wildman–Crippen LogP) is 4.58. The molecule has 4 heteroatoms. The van der Waals surface area contributed by atoms with Crippen LogP contribution in [0.5, 0.6) is 0 Å². The molecule has 1 aliphatic heterocycles. The van der Waals surface area contributed by atoms with E-state index < -0.39 is 0 Å². The van der Waals surface area contributed by atoms with Crippen molar-refractivity contribution in [2.75, 3.05) is 6.54 Å². The number of benzene rings is 1. The maximum absolute atomic E-state index is 11.9. The molecule has 2 aliphatic rings. The first-order valence-corrected chi connectivity index (χ1v) is 9.57. The third kappa shape index (κ3) is 5.14. The molecule has 3 nitrogen and oxygen atoms in total. The van der Waals surface area contributed by atoms with E-state index in [2.05, 4.69) is 31.2 Å². The zero-order valence-corrected chi connectivity index (χ0v) is 18.0. The van der Waals surface area contributed by atoms with Crippen molar-refractivity contribution in [3.8, 4) is 0 Å². The van der Waals surface area contributed by atoms with Gasteiger partial charge in [0.2, 0.25) is 5.91 Å². The van der Waals surface area contributed by atoms with Crippen molar-refractivity contribution in [1.29, 1.82) is 0 Å². The van der Waals surface area contributed by atoms with Crippen molar-refractivity contribution >= 4 is 5.91 Å². The van der Waals surface area contributed by atoms with Gasteiger partial charge in [0.05, 0.1) is 18.6 Å². The minimum Gasteiger partial charge on any atom is -0.388 e. The number of hydrogen-bond donors (Lipinski definition) is 1. The number of aliphatic hydroxyl groups is 1. The van der Waals surface area contributed by atoms with Gasteiger partial charge < -0.3 is 16.9 Å². The van der Waals surface area contributed by atoms with Crippen LogP contribution in [0.4, 0.5) is 0 Å². The van der Waals surface area contributed by atoms with Crippen LogP contribution in [0.25, 0.3) is 0 Å². The molecule has 1 aromatic rings.